The van der Waals surface area contributed by atoms with Crippen LogP contribution in [0, 0.1) is 6.57 Å². The first-order valence-electron chi connectivity index (χ1n) is 13.3. The summed E-state index contributed by atoms with van der Waals surface area (Å²) in [4.78, 5) is 8.82. The molecule has 3 heterocycles. The number of hydrogen-bond donors (Lipinski definition) is 0. The Hall–Kier alpha value is -5.66. The summed E-state index contributed by atoms with van der Waals surface area (Å²) in [7, 11) is 0. The fraction of sp³-hybridized carbons (Fsp3) is 0. The van der Waals surface area contributed by atoms with Gasteiger partial charge in [0, 0.05) is 33.4 Å². The molecule has 4 nitrogen and oxygen atoms in total. The van der Waals surface area contributed by atoms with Gasteiger partial charge in [0.25, 0.3) is 0 Å². The third-order valence-corrected chi connectivity index (χ3v) is 7.81. The zero-order valence-electron chi connectivity index (χ0n) is 21.5. The smallest absolute Gasteiger partial charge is 0.197 e. The molecule has 0 aliphatic rings. The van der Waals surface area contributed by atoms with Gasteiger partial charge in [-0.15, -0.1) is 0 Å². The van der Waals surface area contributed by atoms with E-state index in [1.165, 1.54) is 21.5 Å². The molecule has 0 atom stereocenters. The third kappa shape index (κ3) is 3.22. The Balaban J connectivity index is 1.25. The topological polar surface area (TPSA) is 27.1 Å². The molecule has 0 aliphatic carbocycles. The Morgan fingerprint density at radius 2 is 1.02 bits per heavy atom. The van der Waals surface area contributed by atoms with Crippen molar-refractivity contribution in [2.75, 3.05) is 0 Å². The number of hydrogen-bond acceptors (Lipinski definition) is 1. The van der Waals surface area contributed by atoms with Gasteiger partial charge in [-0.1, -0.05) is 84.9 Å². The molecule has 0 aliphatic heterocycles. The minimum absolute atomic E-state index is 0.603. The molecular weight excluding hydrogens is 488 g/mol. The average Bonchev–Trinajstić information content (AvgIpc) is 3.54. The first-order valence-corrected chi connectivity index (χ1v) is 13.3. The summed E-state index contributed by atoms with van der Waals surface area (Å²) in [5.74, 6) is 0.854. The molecule has 5 aromatic carbocycles. The number of fused-ring (bicyclic) bond motifs is 6. The normalized spacial score (nSPS) is 11.5. The molecular formula is C36H22N4. The molecule has 8 aromatic rings. The predicted octanol–water partition coefficient (Wildman–Crippen LogP) is 9.49. The van der Waals surface area contributed by atoms with Crippen LogP contribution in [0.25, 0.3) is 71.1 Å². The highest BCUT2D eigenvalue weighted by molar-refractivity contribution is 6.10. The molecule has 8 rings (SSSR count). The van der Waals surface area contributed by atoms with Gasteiger partial charge in [-0.3, -0.25) is 4.57 Å². The second-order valence-corrected chi connectivity index (χ2v) is 9.96. The van der Waals surface area contributed by atoms with Gasteiger partial charge in [-0.25, -0.2) is 9.83 Å². The standard InChI is InChI=1S/C36H22N4/c1-37-31-22-25(39-32-14-6-2-10-27(32)28-11-3-7-15-33(28)39)19-20-26(31)24-18-21-36(38-23-24)40-34-16-8-4-12-29(34)30-13-5-9-17-35(30)40/h2-23H. The number of pyridine rings is 1. The van der Waals surface area contributed by atoms with Crippen LogP contribution in [-0.4, -0.2) is 14.1 Å². The van der Waals surface area contributed by atoms with E-state index in [2.05, 4.69) is 123 Å². The second-order valence-electron chi connectivity index (χ2n) is 9.96. The fourth-order valence-electron chi connectivity index (χ4n) is 6.04. The SMILES string of the molecule is [C-]#[N+]c1cc(-n2c3ccccc3c3ccccc32)ccc1-c1ccc(-n2c3ccccc3c3ccccc32)nc1. The van der Waals surface area contributed by atoms with Crippen molar-refractivity contribution in [3.8, 4) is 22.6 Å². The van der Waals surface area contributed by atoms with Crippen LogP contribution < -0.4 is 0 Å². The lowest BCUT2D eigenvalue weighted by Gasteiger charge is -2.12. The molecule has 0 saturated carbocycles. The zero-order chi connectivity index (χ0) is 26.6. The van der Waals surface area contributed by atoms with Crippen LogP contribution in [0.4, 0.5) is 5.69 Å². The molecule has 0 unspecified atom stereocenters. The Morgan fingerprint density at radius 3 is 1.50 bits per heavy atom. The largest absolute Gasteiger partial charge is 0.311 e. The van der Waals surface area contributed by atoms with Gasteiger partial charge in [0.05, 0.1) is 28.6 Å². The van der Waals surface area contributed by atoms with E-state index in [1.807, 2.05) is 24.4 Å². The van der Waals surface area contributed by atoms with Crippen molar-refractivity contribution in [2.24, 2.45) is 0 Å². The molecule has 0 bridgehead atoms. The molecule has 40 heavy (non-hydrogen) atoms. The fourth-order valence-corrected chi connectivity index (χ4v) is 6.04. The third-order valence-electron chi connectivity index (χ3n) is 7.81. The highest BCUT2D eigenvalue weighted by Crippen LogP contribution is 2.37. The maximum atomic E-state index is 8.01. The van der Waals surface area contributed by atoms with Crippen molar-refractivity contribution in [3.05, 3.63) is 145 Å². The van der Waals surface area contributed by atoms with Crippen LogP contribution >= 0.6 is 0 Å². The van der Waals surface area contributed by atoms with E-state index in [-0.39, 0.29) is 0 Å². The summed E-state index contributed by atoms with van der Waals surface area (Å²) in [6.45, 7) is 8.01. The number of para-hydroxylation sites is 4. The molecule has 0 N–H and O–H groups in total. The van der Waals surface area contributed by atoms with Crippen LogP contribution in [0.3, 0.4) is 0 Å². The average molecular weight is 511 g/mol. The number of aromatic nitrogens is 3. The van der Waals surface area contributed by atoms with Crippen LogP contribution in [0.1, 0.15) is 0 Å². The Labute approximate surface area is 230 Å². The van der Waals surface area contributed by atoms with Gasteiger partial charge < -0.3 is 4.57 Å². The Morgan fingerprint density at radius 1 is 0.525 bits per heavy atom. The van der Waals surface area contributed by atoms with E-state index < -0.39 is 0 Å². The van der Waals surface area contributed by atoms with Gasteiger partial charge in [-0.05, 0) is 53.6 Å². The highest BCUT2D eigenvalue weighted by Gasteiger charge is 2.15. The highest BCUT2D eigenvalue weighted by atomic mass is 15.1. The van der Waals surface area contributed by atoms with Gasteiger partial charge in [0.1, 0.15) is 5.82 Å². The first kappa shape index (κ1) is 22.3. The van der Waals surface area contributed by atoms with Crippen molar-refractivity contribution >= 4 is 49.3 Å². The van der Waals surface area contributed by atoms with E-state index in [1.54, 1.807) is 0 Å². The van der Waals surface area contributed by atoms with E-state index in [4.69, 9.17) is 11.6 Å². The molecule has 3 aromatic heterocycles. The van der Waals surface area contributed by atoms with Crippen molar-refractivity contribution in [1.29, 1.82) is 0 Å². The zero-order valence-corrected chi connectivity index (χ0v) is 21.5. The van der Waals surface area contributed by atoms with Gasteiger partial charge in [-0.2, -0.15) is 0 Å². The number of benzene rings is 5. The van der Waals surface area contributed by atoms with Gasteiger partial charge in [0.15, 0.2) is 5.69 Å². The number of rotatable bonds is 3. The molecule has 0 spiro atoms. The van der Waals surface area contributed by atoms with Crippen LogP contribution in [0.2, 0.25) is 0 Å². The van der Waals surface area contributed by atoms with Crippen molar-refractivity contribution in [2.45, 2.75) is 0 Å². The maximum Gasteiger partial charge on any atom is 0.197 e. The summed E-state index contributed by atoms with van der Waals surface area (Å²) in [6, 6.07) is 44.0. The summed E-state index contributed by atoms with van der Waals surface area (Å²) in [6.07, 6.45) is 1.88. The minimum atomic E-state index is 0.603. The summed E-state index contributed by atoms with van der Waals surface area (Å²) in [5.41, 5.74) is 7.88. The molecule has 0 saturated heterocycles. The maximum absolute atomic E-state index is 8.01. The Kier molecular flexibility index (Phi) is 4.85. The van der Waals surface area contributed by atoms with Gasteiger partial charge in [0.2, 0.25) is 0 Å². The monoisotopic (exact) mass is 510 g/mol. The quantitative estimate of drug-likeness (QED) is 0.217. The summed E-state index contributed by atoms with van der Waals surface area (Å²) in [5, 5.41) is 4.83. The lowest BCUT2D eigenvalue weighted by molar-refractivity contribution is 1.08. The first-order chi connectivity index (χ1) is 19.8. The van der Waals surface area contributed by atoms with Crippen LogP contribution in [0.5, 0.6) is 0 Å². The minimum Gasteiger partial charge on any atom is -0.311 e. The number of nitrogens with zero attached hydrogens (tertiary/aromatic N) is 4. The lowest BCUT2D eigenvalue weighted by Crippen LogP contribution is -1.97. The van der Waals surface area contributed by atoms with Crippen molar-refractivity contribution < 1.29 is 0 Å². The molecule has 186 valence electrons. The van der Waals surface area contributed by atoms with E-state index >= 15 is 0 Å². The van der Waals surface area contributed by atoms with Gasteiger partial charge >= 0.3 is 0 Å². The van der Waals surface area contributed by atoms with E-state index in [0.29, 0.717) is 5.69 Å². The molecule has 4 heteroatoms. The molecule has 0 fully saturated rings. The summed E-state index contributed by atoms with van der Waals surface area (Å²) < 4.78 is 4.45. The van der Waals surface area contributed by atoms with E-state index in [9.17, 15) is 0 Å². The lowest BCUT2D eigenvalue weighted by atomic mass is 10.0. The summed E-state index contributed by atoms with van der Waals surface area (Å²) >= 11 is 0. The van der Waals surface area contributed by atoms with E-state index in [0.717, 1.165) is 44.7 Å². The van der Waals surface area contributed by atoms with Crippen molar-refractivity contribution in [1.82, 2.24) is 14.1 Å². The molecule has 0 amide bonds. The predicted molar refractivity (Wildman–Crippen MR) is 165 cm³/mol. The van der Waals surface area contributed by atoms with Crippen molar-refractivity contribution in [3.63, 3.8) is 0 Å². The molecule has 0 radical (unpaired) electrons. The van der Waals surface area contributed by atoms with Crippen LogP contribution in [0.15, 0.2) is 134 Å². The second kappa shape index (κ2) is 8.69. The Bertz CT molecular complexity index is 2170. The van der Waals surface area contributed by atoms with Crippen LogP contribution in [-0.2, 0) is 0 Å².